The zero-order chi connectivity index (χ0) is 25.6. The molecule has 0 unspecified atom stereocenters. The zero-order valence-electron chi connectivity index (χ0n) is 20.1. The van der Waals surface area contributed by atoms with E-state index < -0.39 is 10.0 Å². The number of aryl methyl sites for hydroxylation is 2. The molecule has 35 heavy (non-hydrogen) atoms. The summed E-state index contributed by atoms with van der Waals surface area (Å²) in [5.74, 6) is 0. The molecule has 3 aromatic carbocycles. The Kier molecular flexibility index (Phi) is 7.85. The van der Waals surface area contributed by atoms with E-state index in [1.165, 1.54) is 12.1 Å². The van der Waals surface area contributed by atoms with Crippen LogP contribution in [-0.4, -0.2) is 21.5 Å². The van der Waals surface area contributed by atoms with Crippen LogP contribution in [0.4, 0.5) is 22.7 Å². The van der Waals surface area contributed by atoms with E-state index in [1.807, 2.05) is 39.0 Å². The van der Waals surface area contributed by atoms with Gasteiger partial charge in [0.2, 0.25) is 0 Å². The van der Waals surface area contributed by atoms with Crippen molar-refractivity contribution < 1.29 is 8.42 Å². The lowest BCUT2D eigenvalue weighted by molar-refractivity contribution is 0.601. The third kappa shape index (κ3) is 5.84. The van der Waals surface area contributed by atoms with Gasteiger partial charge in [-0.3, -0.25) is 4.72 Å². The van der Waals surface area contributed by atoms with Crippen LogP contribution in [0.2, 0.25) is 0 Å². The molecular formula is C26H26N6O2S. The molecule has 0 aliphatic heterocycles. The predicted octanol–water partition coefficient (Wildman–Crippen LogP) is 6.11. The Bertz CT molecular complexity index is 1410. The molecule has 1 N–H and O–H groups in total. The van der Waals surface area contributed by atoms with Gasteiger partial charge >= 0.3 is 0 Å². The van der Waals surface area contributed by atoms with Crippen molar-refractivity contribution in [3.05, 3.63) is 76.9 Å². The van der Waals surface area contributed by atoms with Gasteiger partial charge in [0.15, 0.2) is 0 Å². The highest BCUT2D eigenvalue weighted by Gasteiger charge is 2.18. The molecule has 0 amide bonds. The molecule has 0 heterocycles. The molecule has 0 aliphatic rings. The summed E-state index contributed by atoms with van der Waals surface area (Å²) in [4.78, 5) is 2.20. The Morgan fingerprint density at radius 3 is 2.00 bits per heavy atom. The largest absolute Gasteiger partial charge is 0.372 e. The molecule has 0 saturated heterocycles. The van der Waals surface area contributed by atoms with Crippen molar-refractivity contribution in [2.75, 3.05) is 22.7 Å². The van der Waals surface area contributed by atoms with Crippen molar-refractivity contribution in [3.63, 3.8) is 0 Å². The number of nitrogens with one attached hydrogen (secondary N) is 1. The maximum Gasteiger partial charge on any atom is 0.261 e. The van der Waals surface area contributed by atoms with Crippen molar-refractivity contribution >= 4 is 32.8 Å². The number of nitriles is 2. The molecular weight excluding hydrogens is 460 g/mol. The first-order valence-corrected chi connectivity index (χ1v) is 12.6. The van der Waals surface area contributed by atoms with Crippen LogP contribution >= 0.6 is 0 Å². The number of nitrogens with zero attached hydrogens (tertiary/aromatic N) is 5. The smallest absolute Gasteiger partial charge is 0.261 e. The maximum atomic E-state index is 13.1. The minimum atomic E-state index is -3.90. The van der Waals surface area contributed by atoms with Crippen molar-refractivity contribution in [3.8, 4) is 12.1 Å². The quantitative estimate of drug-likeness (QED) is 0.385. The molecule has 9 heteroatoms. The van der Waals surface area contributed by atoms with Gasteiger partial charge in [-0.15, -0.1) is 10.2 Å². The van der Waals surface area contributed by atoms with E-state index in [1.54, 1.807) is 43.3 Å². The second kappa shape index (κ2) is 10.8. The molecule has 0 fully saturated rings. The maximum absolute atomic E-state index is 13.1. The predicted molar refractivity (Wildman–Crippen MR) is 137 cm³/mol. The second-order valence-corrected chi connectivity index (χ2v) is 9.61. The molecule has 178 valence electrons. The fourth-order valence-electron chi connectivity index (χ4n) is 3.56. The summed E-state index contributed by atoms with van der Waals surface area (Å²) < 4.78 is 28.9. The Morgan fingerprint density at radius 2 is 1.46 bits per heavy atom. The normalized spacial score (nSPS) is 11.1. The van der Waals surface area contributed by atoms with Gasteiger partial charge in [0.05, 0.1) is 21.7 Å². The van der Waals surface area contributed by atoms with E-state index in [9.17, 15) is 18.9 Å². The number of azo groups is 1. The van der Waals surface area contributed by atoms with E-state index >= 15 is 0 Å². The lowest BCUT2D eigenvalue weighted by Gasteiger charge is -2.22. The standard InChI is InChI=1S/C26H26N6O2S/c1-5-32(6-2)22-9-12-24(29-30-26-20(16-27)13-19(4)14-21(26)17-28)25(15-22)31-35(33,34)23-10-7-18(3)8-11-23/h7-15,31H,5-6H2,1-4H3. The van der Waals surface area contributed by atoms with Gasteiger partial charge in [0.1, 0.15) is 23.5 Å². The Morgan fingerprint density at radius 1 is 0.857 bits per heavy atom. The summed E-state index contributed by atoms with van der Waals surface area (Å²) in [6.07, 6.45) is 0. The Labute approximate surface area is 206 Å². The number of hydrogen-bond acceptors (Lipinski definition) is 7. The Balaban J connectivity index is 2.11. The van der Waals surface area contributed by atoms with Crippen LogP contribution in [0.3, 0.4) is 0 Å². The fraction of sp³-hybridized carbons (Fsp3) is 0.231. The lowest BCUT2D eigenvalue weighted by atomic mass is 10.1. The Hall–Kier alpha value is -4.21. The first-order valence-electron chi connectivity index (χ1n) is 11.1. The second-order valence-electron chi connectivity index (χ2n) is 7.92. The van der Waals surface area contributed by atoms with E-state index in [0.29, 0.717) is 0 Å². The third-order valence-corrected chi connectivity index (χ3v) is 6.82. The number of benzene rings is 3. The average Bonchev–Trinajstić information content (AvgIpc) is 2.84. The molecule has 0 aliphatic carbocycles. The van der Waals surface area contributed by atoms with Gasteiger partial charge < -0.3 is 4.90 Å². The van der Waals surface area contributed by atoms with Gasteiger partial charge in [0, 0.05) is 18.8 Å². The molecule has 3 rings (SSSR count). The summed E-state index contributed by atoms with van der Waals surface area (Å²) in [6, 6.07) is 19.1. The van der Waals surface area contributed by atoms with Crippen molar-refractivity contribution in [1.82, 2.24) is 0 Å². The molecule has 0 atom stereocenters. The van der Waals surface area contributed by atoms with Crippen LogP contribution in [0.15, 0.2) is 69.7 Å². The van der Waals surface area contributed by atoms with Crippen molar-refractivity contribution in [1.29, 1.82) is 10.5 Å². The number of sulfonamides is 1. The molecule has 8 nitrogen and oxygen atoms in total. The van der Waals surface area contributed by atoms with Crippen LogP contribution in [0.5, 0.6) is 0 Å². The average molecular weight is 487 g/mol. The first kappa shape index (κ1) is 25.4. The summed E-state index contributed by atoms with van der Waals surface area (Å²) in [6.45, 7) is 9.16. The highest BCUT2D eigenvalue weighted by Crippen LogP contribution is 2.34. The monoisotopic (exact) mass is 486 g/mol. The number of anilines is 2. The SMILES string of the molecule is CCN(CC)c1ccc(N=Nc2c(C#N)cc(C)cc2C#N)c(NS(=O)(=O)c2ccc(C)cc2)c1. The molecule has 0 aromatic heterocycles. The zero-order valence-corrected chi connectivity index (χ0v) is 20.9. The summed E-state index contributed by atoms with van der Waals surface area (Å²) in [5.41, 5.74) is 3.59. The van der Waals surface area contributed by atoms with E-state index in [-0.39, 0.29) is 33.1 Å². The molecule has 0 spiro atoms. The topological polar surface area (TPSA) is 122 Å². The van der Waals surface area contributed by atoms with Gasteiger partial charge in [-0.2, -0.15) is 10.5 Å². The summed E-state index contributed by atoms with van der Waals surface area (Å²) >= 11 is 0. The van der Waals surface area contributed by atoms with Crippen LogP contribution in [-0.2, 0) is 10.0 Å². The number of rotatable bonds is 8. The molecule has 0 saturated carbocycles. The molecule has 3 aromatic rings. The first-order chi connectivity index (χ1) is 16.7. The van der Waals surface area contributed by atoms with Crippen LogP contribution in [0, 0.1) is 36.5 Å². The van der Waals surface area contributed by atoms with Crippen LogP contribution in [0.25, 0.3) is 0 Å². The highest BCUT2D eigenvalue weighted by molar-refractivity contribution is 7.92. The van der Waals surface area contributed by atoms with Gasteiger partial charge in [-0.1, -0.05) is 17.7 Å². The van der Waals surface area contributed by atoms with Gasteiger partial charge in [-0.05, 0) is 75.7 Å². The lowest BCUT2D eigenvalue weighted by Crippen LogP contribution is -2.22. The summed E-state index contributed by atoms with van der Waals surface area (Å²) in [7, 11) is -3.90. The van der Waals surface area contributed by atoms with Gasteiger partial charge in [-0.25, -0.2) is 8.42 Å². The minimum absolute atomic E-state index is 0.122. The van der Waals surface area contributed by atoms with E-state index in [0.717, 1.165) is 29.9 Å². The van der Waals surface area contributed by atoms with Crippen molar-refractivity contribution in [2.24, 2.45) is 10.2 Å². The fourth-order valence-corrected chi connectivity index (χ4v) is 4.63. The minimum Gasteiger partial charge on any atom is -0.372 e. The number of hydrogen-bond donors (Lipinski definition) is 1. The van der Waals surface area contributed by atoms with Crippen LogP contribution < -0.4 is 9.62 Å². The molecule has 0 bridgehead atoms. The highest BCUT2D eigenvalue weighted by atomic mass is 32.2. The van der Waals surface area contributed by atoms with Crippen LogP contribution in [0.1, 0.15) is 36.1 Å². The van der Waals surface area contributed by atoms with E-state index in [4.69, 9.17) is 0 Å². The summed E-state index contributed by atoms with van der Waals surface area (Å²) in [5, 5.41) is 27.4. The van der Waals surface area contributed by atoms with E-state index in [2.05, 4.69) is 19.9 Å². The van der Waals surface area contributed by atoms with Gasteiger partial charge in [0.25, 0.3) is 10.0 Å². The third-order valence-electron chi connectivity index (χ3n) is 5.44. The molecule has 0 radical (unpaired) electrons. The van der Waals surface area contributed by atoms with Crippen molar-refractivity contribution in [2.45, 2.75) is 32.6 Å².